The number of fused-ring (bicyclic) bond motifs is 3. The molecule has 0 bridgehead atoms. The van der Waals surface area contributed by atoms with Gasteiger partial charge in [-0.2, -0.15) is 17.7 Å². The first-order valence-corrected chi connectivity index (χ1v) is 10.5. The van der Waals surface area contributed by atoms with Crippen LogP contribution in [0.4, 0.5) is 19.1 Å². The molecule has 1 aliphatic rings. The lowest BCUT2D eigenvalue weighted by molar-refractivity contribution is -0.141. The van der Waals surface area contributed by atoms with Crippen molar-refractivity contribution in [1.29, 1.82) is 0 Å². The Bertz CT molecular complexity index is 1300. The number of nitrogen functional groups attached to an aromatic ring is 1. The number of benzene rings is 1. The second-order valence-corrected chi connectivity index (χ2v) is 8.25. The van der Waals surface area contributed by atoms with Gasteiger partial charge >= 0.3 is 6.18 Å². The van der Waals surface area contributed by atoms with Crippen molar-refractivity contribution in [2.24, 2.45) is 5.92 Å². The van der Waals surface area contributed by atoms with Gasteiger partial charge in [0.25, 0.3) is 0 Å². The molecular formula is C22H22F3N7O. The zero-order valence-corrected chi connectivity index (χ0v) is 17.9. The van der Waals surface area contributed by atoms with Crippen LogP contribution in [0.5, 0.6) is 5.75 Å². The van der Waals surface area contributed by atoms with Crippen LogP contribution in [-0.4, -0.2) is 43.1 Å². The first kappa shape index (κ1) is 21.4. The highest BCUT2D eigenvalue weighted by Gasteiger charge is 2.32. The Balaban J connectivity index is 1.44. The van der Waals surface area contributed by atoms with E-state index in [0.717, 1.165) is 30.8 Å². The predicted molar refractivity (Wildman–Crippen MR) is 115 cm³/mol. The van der Waals surface area contributed by atoms with Gasteiger partial charge < -0.3 is 10.5 Å². The maximum absolute atomic E-state index is 12.8. The van der Waals surface area contributed by atoms with Crippen LogP contribution in [0.3, 0.4) is 0 Å². The molecule has 0 aliphatic heterocycles. The van der Waals surface area contributed by atoms with E-state index in [-0.39, 0.29) is 5.95 Å². The summed E-state index contributed by atoms with van der Waals surface area (Å²) in [6.07, 6.45) is -0.892. The highest BCUT2D eigenvalue weighted by molar-refractivity contribution is 5.95. The van der Waals surface area contributed by atoms with E-state index in [4.69, 9.17) is 15.5 Å². The molecule has 1 aliphatic carbocycles. The van der Waals surface area contributed by atoms with Crippen molar-refractivity contribution < 1.29 is 17.9 Å². The molecule has 0 radical (unpaired) electrons. The van der Waals surface area contributed by atoms with Crippen LogP contribution < -0.4 is 10.5 Å². The highest BCUT2D eigenvalue weighted by Crippen LogP contribution is 2.32. The number of nitrogens with zero attached hydrogens (tertiary/aromatic N) is 6. The molecule has 8 nitrogen and oxygen atoms in total. The number of anilines is 1. The molecule has 0 saturated heterocycles. The van der Waals surface area contributed by atoms with Gasteiger partial charge in [-0.05, 0) is 42.5 Å². The molecule has 1 fully saturated rings. The average Bonchev–Trinajstić information content (AvgIpc) is 3.49. The molecule has 3 aromatic heterocycles. The van der Waals surface area contributed by atoms with Crippen LogP contribution in [0.25, 0.3) is 16.6 Å². The summed E-state index contributed by atoms with van der Waals surface area (Å²) in [4.78, 5) is 14.8. The van der Waals surface area contributed by atoms with E-state index >= 15 is 0 Å². The monoisotopic (exact) mass is 457 g/mol. The van der Waals surface area contributed by atoms with Crippen molar-refractivity contribution >= 4 is 22.5 Å². The van der Waals surface area contributed by atoms with Gasteiger partial charge in [-0.25, -0.2) is 9.97 Å². The maximum Gasteiger partial charge on any atom is 0.433 e. The number of methoxy groups -OCH3 is 1. The first-order chi connectivity index (χ1) is 15.8. The van der Waals surface area contributed by atoms with Gasteiger partial charge in [0.2, 0.25) is 5.95 Å². The van der Waals surface area contributed by atoms with Crippen molar-refractivity contribution in [2.45, 2.75) is 32.1 Å². The summed E-state index contributed by atoms with van der Waals surface area (Å²) in [7, 11) is 1.57. The van der Waals surface area contributed by atoms with Crippen LogP contribution in [0.1, 0.15) is 29.9 Å². The van der Waals surface area contributed by atoms with Crippen molar-refractivity contribution in [3.8, 4) is 5.75 Å². The lowest BCUT2D eigenvalue weighted by Gasteiger charge is -2.20. The Kier molecular flexibility index (Phi) is 5.28. The second kappa shape index (κ2) is 8.14. The molecule has 172 valence electrons. The Morgan fingerprint density at radius 1 is 1.15 bits per heavy atom. The fraction of sp³-hybridized carbons (Fsp3) is 0.364. The van der Waals surface area contributed by atoms with Gasteiger partial charge in [-0.3, -0.25) is 9.88 Å². The minimum Gasteiger partial charge on any atom is -0.494 e. The minimum absolute atomic E-state index is 0.196. The van der Waals surface area contributed by atoms with Gasteiger partial charge in [0, 0.05) is 24.7 Å². The smallest absolute Gasteiger partial charge is 0.433 e. The van der Waals surface area contributed by atoms with Gasteiger partial charge in [-0.15, -0.1) is 5.10 Å². The third-order valence-corrected chi connectivity index (χ3v) is 5.65. The molecule has 3 heterocycles. The second-order valence-electron chi connectivity index (χ2n) is 8.25. The molecule has 5 rings (SSSR count). The van der Waals surface area contributed by atoms with E-state index in [9.17, 15) is 13.2 Å². The van der Waals surface area contributed by atoms with Crippen LogP contribution in [-0.2, 0) is 19.3 Å². The number of ether oxygens (including phenoxy) is 1. The summed E-state index contributed by atoms with van der Waals surface area (Å²) in [5, 5.41) is 5.31. The molecule has 0 spiro atoms. The Morgan fingerprint density at radius 2 is 1.97 bits per heavy atom. The highest BCUT2D eigenvalue weighted by atomic mass is 19.4. The summed E-state index contributed by atoms with van der Waals surface area (Å²) in [6.45, 7) is 1.67. The Labute approximate surface area is 187 Å². The molecule has 11 heteroatoms. The lowest BCUT2D eigenvalue weighted by atomic mass is 10.2. The zero-order chi connectivity index (χ0) is 23.2. The third kappa shape index (κ3) is 4.40. The summed E-state index contributed by atoms with van der Waals surface area (Å²) in [5.74, 6) is 1.92. The number of hydrogen-bond donors (Lipinski definition) is 1. The predicted octanol–water partition coefficient (Wildman–Crippen LogP) is 3.69. The quantitative estimate of drug-likeness (QED) is 0.452. The molecule has 4 aromatic rings. The number of aromatic nitrogens is 5. The zero-order valence-electron chi connectivity index (χ0n) is 17.9. The number of para-hydroxylation sites is 1. The number of hydrogen-bond acceptors (Lipinski definition) is 7. The van der Waals surface area contributed by atoms with Crippen LogP contribution in [0, 0.1) is 5.92 Å². The molecular weight excluding hydrogens is 435 g/mol. The van der Waals surface area contributed by atoms with E-state index in [1.165, 1.54) is 16.8 Å². The minimum atomic E-state index is -4.45. The summed E-state index contributed by atoms with van der Waals surface area (Å²) in [5.41, 5.74) is 7.12. The fourth-order valence-electron chi connectivity index (χ4n) is 3.89. The molecule has 0 amide bonds. The van der Waals surface area contributed by atoms with E-state index in [2.05, 4.69) is 20.0 Å². The SMILES string of the molecule is COc1cccc2c1nc(N)n1nc(CN(Cc3ccc(C(F)(F)F)nc3)CC3CC3)nc21. The third-order valence-electron chi connectivity index (χ3n) is 5.65. The topological polar surface area (TPSA) is 94.5 Å². The first-order valence-electron chi connectivity index (χ1n) is 10.5. The van der Waals surface area contributed by atoms with E-state index < -0.39 is 11.9 Å². The summed E-state index contributed by atoms with van der Waals surface area (Å²) in [6, 6.07) is 8.02. The average molecular weight is 457 g/mol. The molecule has 0 atom stereocenters. The number of alkyl halides is 3. The van der Waals surface area contributed by atoms with Gasteiger partial charge in [0.05, 0.1) is 13.7 Å². The number of halogens is 3. The van der Waals surface area contributed by atoms with Crippen molar-refractivity contribution in [2.75, 3.05) is 19.4 Å². The number of pyridine rings is 1. The van der Waals surface area contributed by atoms with E-state index in [1.807, 2.05) is 12.1 Å². The Morgan fingerprint density at radius 3 is 2.64 bits per heavy atom. The van der Waals surface area contributed by atoms with Crippen LogP contribution >= 0.6 is 0 Å². The van der Waals surface area contributed by atoms with Crippen molar-refractivity contribution in [3.05, 3.63) is 53.6 Å². The van der Waals surface area contributed by atoms with Crippen molar-refractivity contribution in [3.63, 3.8) is 0 Å². The fourth-order valence-corrected chi connectivity index (χ4v) is 3.89. The molecule has 33 heavy (non-hydrogen) atoms. The van der Waals surface area contributed by atoms with E-state index in [1.54, 1.807) is 13.2 Å². The van der Waals surface area contributed by atoms with Gasteiger partial charge in [0.15, 0.2) is 11.5 Å². The molecule has 1 aromatic carbocycles. The van der Waals surface area contributed by atoms with Gasteiger partial charge in [0.1, 0.15) is 17.0 Å². The van der Waals surface area contributed by atoms with Crippen molar-refractivity contribution in [1.82, 2.24) is 29.5 Å². The van der Waals surface area contributed by atoms with Crippen LogP contribution in [0.2, 0.25) is 0 Å². The standard InChI is InChI=1S/C22H22F3N7O/c1-33-16-4-2-3-15-19(16)29-21(26)32-20(15)28-18(30-32)12-31(10-13-5-6-13)11-14-7-8-17(27-9-14)22(23,24)25/h2-4,7-9,13H,5-6,10-12H2,1H3,(H2,26,29). The van der Waals surface area contributed by atoms with E-state index in [0.29, 0.717) is 47.3 Å². The lowest BCUT2D eigenvalue weighted by Crippen LogP contribution is -2.26. The number of nitrogens with two attached hydrogens (primary N) is 1. The molecule has 1 saturated carbocycles. The van der Waals surface area contributed by atoms with Gasteiger partial charge in [-0.1, -0.05) is 12.1 Å². The van der Waals surface area contributed by atoms with Crippen LogP contribution in [0.15, 0.2) is 36.5 Å². The Hall–Kier alpha value is -3.47. The summed E-state index contributed by atoms with van der Waals surface area (Å²) < 4.78 is 45.4. The largest absolute Gasteiger partial charge is 0.494 e. The number of rotatable bonds is 7. The summed E-state index contributed by atoms with van der Waals surface area (Å²) >= 11 is 0. The molecule has 2 N–H and O–H groups in total. The normalized spacial score (nSPS) is 14.5. The molecule has 0 unspecified atom stereocenters. The maximum atomic E-state index is 12.8.